The summed E-state index contributed by atoms with van der Waals surface area (Å²) in [6.07, 6.45) is 1.64. The highest BCUT2D eigenvalue weighted by Gasteiger charge is 2.25. The standard InChI is InChI=1S/C21H27ClN2O3S/c1-4-24(5-2)28(26,27)20-15-18(13-14-19(20)22)21(25)23-16(3)11-12-17-9-7-6-8-10-17/h6-10,13-16H,4-5,11-12H2,1-3H3,(H,23,25)/t16-/m0/s1. The highest BCUT2D eigenvalue weighted by molar-refractivity contribution is 7.89. The molecule has 0 aliphatic heterocycles. The second kappa shape index (κ2) is 10.0. The van der Waals surface area contributed by atoms with E-state index in [1.807, 2.05) is 25.1 Å². The number of nitrogens with one attached hydrogen (secondary N) is 1. The van der Waals surface area contributed by atoms with E-state index in [0.29, 0.717) is 13.1 Å². The molecule has 0 spiro atoms. The van der Waals surface area contributed by atoms with Crippen molar-refractivity contribution in [3.05, 3.63) is 64.7 Å². The monoisotopic (exact) mass is 422 g/mol. The summed E-state index contributed by atoms with van der Waals surface area (Å²) in [7, 11) is -3.74. The summed E-state index contributed by atoms with van der Waals surface area (Å²) in [6.45, 7) is 6.13. The molecular weight excluding hydrogens is 396 g/mol. The zero-order valence-electron chi connectivity index (χ0n) is 16.5. The van der Waals surface area contributed by atoms with Crippen molar-refractivity contribution in [2.24, 2.45) is 0 Å². The molecule has 1 amide bonds. The van der Waals surface area contributed by atoms with Gasteiger partial charge in [0.2, 0.25) is 10.0 Å². The van der Waals surface area contributed by atoms with Crippen molar-refractivity contribution in [1.82, 2.24) is 9.62 Å². The van der Waals surface area contributed by atoms with Gasteiger partial charge in [-0.25, -0.2) is 8.42 Å². The van der Waals surface area contributed by atoms with Crippen LogP contribution in [0, 0.1) is 0 Å². The van der Waals surface area contributed by atoms with Crippen LogP contribution < -0.4 is 5.32 Å². The van der Waals surface area contributed by atoms with Gasteiger partial charge in [-0.1, -0.05) is 55.8 Å². The molecule has 0 aromatic heterocycles. The van der Waals surface area contributed by atoms with Crippen molar-refractivity contribution in [1.29, 1.82) is 0 Å². The Morgan fingerprint density at radius 2 is 1.75 bits per heavy atom. The fourth-order valence-corrected chi connectivity index (χ4v) is 4.91. The van der Waals surface area contributed by atoms with Crippen LogP contribution in [0.3, 0.4) is 0 Å². The zero-order valence-corrected chi connectivity index (χ0v) is 18.1. The van der Waals surface area contributed by atoms with E-state index in [2.05, 4.69) is 17.4 Å². The summed E-state index contributed by atoms with van der Waals surface area (Å²) < 4.78 is 26.9. The molecule has 0 bridgehead atoms. The van der Waals surface area contributed by atoms with E-state index in [1.54, 1.807) is 19.9 Å². The summed E-state index contributed by atoms with van der Waals surface area (Å²) in [6, 6.07) is 14.4. The predicted molar refractivity (Wildman–Crippen MR) is 113 cm³/mol. The minimum absolute atomic E-state index is 0.0394. The van der Waals surface area contributed by atoms with Crippen LogP contribution in [0.4, 0.5) is 0 Å². The van der Waals surface area contributed by atoms with Gasteiger partial charge in [0.25, 0.3) is 5.91 Å². The van der Waals surface area contributed by atoms with Crippen LogP contribution in [0.25, 0.3) is 0 Å². The first-order valence-electron chi connectivity index (χ1n) is 9.44. The van der Waals surface area contributed by atoms with Gasteiger partial charge >= 0.3 is 0 Å². The van der Waals surface area contributed by atoms with Crippen molar-refractivity contribution in [2.75, 3.05) is 13.1 Å². The number of carbonyl (C=O) groups excluding carboxylic acids is 1. The lowest BCUT2D eigenvalue weighted by atomic mass is 10.1. The average molecular weight is 423 g/mol. The number of halogens is 1. The lowest BCUT2D eigenvalue weighted by Gasteiger charge is -2.20. The molecule has 0 saturated carbocycles. The number of rotatable bonds is 9. The third-order valence-electron chi connectivity index (χ3n) is 4.60. The van der Waals surface area contributed by atoms with Gasteiger partial charge in [0.05, 0.1) is 5.02 Å². The molecule has 0 radical (unpaired) electrons. The third-order valence-corrected chi connectivity index (χ3v) is 7.13. The molecule has 152 valence electrons. The summed E-state index contributed by atoms with van der Waals surface area (Å²) >= 11 is 6.13. The van der Waals surface area contributed by atoms with Crippen molar-refractivity contribution in [2.45, 2.75) is 44.6 Å². The first-order chi connectivity index (χ1) is 13.3. The van der Waals surface area contributed by atoms with Crippen molar-refractivity contribution >= 4 is 27.5 Å². The van der Waals surface area contributed by atoms with Crippen LogP contribution in [0.15, 0.2) is 53.4 Å². The van der Waals surface area contributed by atoms with E-state index in [4.69, 9.17) is 11.6 Å². The Labute approximate surface area is 172 Å². The topological polar surface area (TPSA) is 66.5 Å². The van der Waals surface area contributed by atoms with E-state index < -0.39 is 10.0 Å². The second-order valence-corrected chi connectivity index (χ2v) is 8.95. The zero-order chi connectivity index (χ0) is 20.7. The van der Waals surface area contributed by atoms with Gasteiger partial charge in [-0.15, -0.1) is 0 Å². The molecule has 0 heterocycles. The molecule has 1 atom stereocenters. The van der Waals surface area contributed by atoms with Gasteiger partial charge in [0, 0.05) is 24.7 Å². The Balaban J connectivity index is 2.11. The normalized spacial score (nSPS) is 12.8. The largest absolute Gasteiger partial charge is 0.350 e. The van der Waals surface area contributed by atoms with Gasteiger partial charge in [-0.3, -0.25) is 4.79 Å². The Bertz CT molecular complexity index is 897. The lowest BCUT2D eigenvalue weighted by molar-refractivity contribution is 0.0938. The molecule has 2 aromatic rings. The van der Waals surface area contributed by atoms with E-state index in [1.165, 1.54) is 22.0 Å². The molecule has 2 aromatic carbocycles. The third kappa shape index (κ3) is 5.56. The van der Waals surface area contributed by atoms with Crippen LogP contribution in [-0.4, -0.2) is 37.8 Å². The first kappa shape index (κ1) is 22.4. The minimum Gasteiger partial charge on any atom is -0.350 e. The number of aryl methyl sites for hydroxylation is 1. The maximum Gasteiger partial charge on any atom is 0.251 e. The minimum atomic E-state index is -3.74. The Morgan fingerprint density at radius 3 is 2.36 bits per heavy atom. The van der Waals surface area contributed by atoms with Gasteiger partial charge in [0.15, 0.2) is 0 Å². The first-order valence-corrected chi connectivity index (χ1v) is 11.3. The van der Waals surface area contributed by atoms with E-state index in [0.717, 1.165) is 12.8 Å². The molecule has 7 heteroatoms. The molecule has 5 nitrogen and oxygen atoms in total. The molecular formula is C21H27ClN2O3S. The number of benzene rings is 2. The van der Waals surface area contributed by atoms with Gasteiger partial charge in [0.1, 0.15) is 4.90 Å². The fourth-order valence-electron chi connectivity index (χ4n) is 2.95. The maximum atomic E-state index is 12.8. The molecule has 0 saturated heterocycles. The average Bonchev–Trinajstić information content (AvgIpc) is 2.68. The van der Waals surface area contributed by atoms with Gasteiger partial charge in [-0.05, 0) is 43.5 Å². The van der Waals surface area contributed by atoms with Crippen LogP contribution in [0.5, 0.6) is 0 Å². The molecule has 2 rings (SSSR count). The Hall–Kier alpha value is -1.89. The molecule has 0 aliphatic rings. The van der Waals surface area contributed by atoms with E-state index in [-0.39, 0.29) is 27.4 Å². The number of sulfonamides is 1. The smallest absolute Gasteiger partial charge is 0.251 e. The fraction of sp³-hybridized carbons (Fsp3) is 0.381. The summed E-state index contributed by atoms with van der Waals surface area (Å²) in [4.78, 5) is 12.6. The maximum absolute atomic E-state index is 12.8. The second-order valence-electron chi connectivity index (χ2n) is 6.63. The van der Waals surface area contributed by atoms with Gasteiger partial charge < -0.3 is 5.32 Å². The highest BCUT2D eigenvalue weighted by Crippen LogP contribution is 2.26. The van der Waals surface area contributed by atoms with Crippen molar-refractivity contribution in [3.63, 3.8) is 0 Å². The molecule has 0 fully saturated rings. The summed E-state index contributed by atoms with van der Waals surface area (Å²) in [5, 5.41) is 3.04. The van der Waals surface area contributed by atoms with Crippen LogP contribution >= 0.6 is 11.6 Å². The summed E-state index contributed by atoms with van der Waals surface area (Å²) in [5.41, 5.74) is 1.49. The summed E-state index contributed by atoms with van der Waals surface area (Å²) in [5.74, 6) is -0.312. The van der Waals surface area contributed by atoms with Crippen LogP contribution in [0.1, 0.15) is 43.1 Å². The lowest BCUT2D eigenvalue weighted by Crippen LogP contribution is -2.33. The van der Waals surface area contributed by atoms with E-state index in [9.17, 15) is 13.2 Å². The number of amides is 1. The van der Waals surface area contributed by atoms with Crippen LogP contribution in [-0.2, 0) is 16.4 Å². The molecule has 0 unspecified atom stereocenters. The Morgan fingerprint density at radius 1 is 1.11 bits per heavy atom. The predicted octanol–water partition coefficient (Wildman–Crippen LogP) is 4.12. The number of carbonyl (C=O) groups is 1. The SMILES string of the molecule is CCN(CC)S(=O)(=O)c1cc(C(=O)N[C@@H](C)CCc2ccccc2)ccc1Cl. The number of nitrogens with zero attached hydrogens (tertiary/aromatic N) is 1. The van der Waals surface area contributed by atoms with Crippen molar-refractivity contribution in [3.8, 4) is 0 Å². The van der Waals surface area contributed by atoms with Crippen LogP contribution in [0.2, 0.25) is 5.02 Å². The molecule has 28 heavy (non-hydrogen) atoms. The quantitative estimate of drug-likeness (QED) is 0.660. The number of hydrogen-bond donors (Lipinski definition) is 1. The molecule has 1 N–H and O–H groups in total. The van der Waals surface area contributed by atoms with Gasteiger partial charge in [-0.2, -0.15) is 4.31 Å². The molecule has 0 aliphatic carbocycles. The van der Waals surface area contributed by atoms with Crippen molar-refractivity contribution < 1.29 is 13.2 Å². The van der Waals surface area contributed by atoms with E-state index >= 15 is 0 Å². The number of hydrogen-bond acceptors (Lipinski definition) is 3. The Kier molecular flexibility index (Phi) is 8.04. The highest BCUT2D eigenvalue weighted by atomic mass is 35.5.